The summed E-state index contributed by atoms with van der Waals surface area (Å²) in [5.74, 6) is 0.270. The summed E-state index contributed by atoms with van der Waals surface area (Å²) in [5.41, 5.74) is 1.55. The predicted octanol–water partition coefficient (Wildman–Crippen LogP) is 2.46. The van der Waals surface area contributed by atoms with E-state index in [2.05, 4.69) is 20.2 Å². The first-order chi connectivity index (χ1) is 13.4. The minimum atomic E-state index is -3.84. The molecule has 2 N–H and O–H groups in total. The third-order valence-electron chi connectivity index (χ3n) is 3.58. The number of nitrogens with one attached hydrogen (secondary N) is 2. The topological polar surface area (TPSA) is 110 Å². The van der Waals surface area contributed by atoms with Crippen LogP contribution in [0.2, 0.25) is 0 Å². The number of rotatable bonds is 8. The second-order valence-electron chi connectivity index (χ2n) is 5.75. The van der Waals surface area contributed by atoms with E-state index in [1.54, 1.807) is 30.3 Å². The summed E-state index contributed by atoms with van der Waals surface area (Å²) >= 11 is 0.773. The van der Waals surface area contributed by atoms with Gasteiger partial charge in [0.2, 0.25) is 9.47 Å². The minimum absolute atomic E-state index is 0.0709. The van der Waals surface area contributed by atoms with Gasteiger partial charge in [-0.05, 0) is 31.2 Å². The number of benzene rings is 2. The van der Waals surface area contributed by atoms with E-state index in [0.717, 1.165) is 16.9 Å². The van der Waals surface area contributed by atoms with E-state index in [-0.39, 0.29) is 28.5 Å². The van der Waals surface area contributed by atoms with Crippen LogP contribution in [0.5, 0.6) is 5.75 Å². The number of sulfonamides is 1. The minimum Gasteiger partial charge on any atom is -0.492 e. The van der Waals surface area contributed by atoms with E-state index in [4.69, 9.17) is 4.74 Å². The lowest BCUT2D eigenvalue weighted by atomic mass is 10.2. The molecule has 2 aromatic carbocycles. The predicted molar refractivity (Wildman–Crippen MR) is 106 cm³/mol. The Kier molecular flexibility index (Phi) is 6.34. The second-order valence-corrected chi connectivity index (χ2v) is 8.67. The van der Waals surface area contributed by atoms with Crippen molar-refractivity contribution in [1.29, 1.82) is 0 Å². The van der Waals surface area contributed by atoms with Gasteiger partial charge in [-0.25, -0.2) is 13.1 Å². The van der Waals surface area contributed by atoms with E-state index in [1.165, 1.54) is 0 Å². The van der Waals surface area contributed by atoms with Crippen LogP contribution in [-0.4, -0.2) is 37.7 Å². The quantitative estimate of drug-likeness (QED) is 0.429. The van der Waals surface area contributed by atoms with Crippen LogP contribution in [0.25, 0.3) is 0 Å². The fraction of sp³-hybridized carbons (Fsp3) is 0.167. The largest absolute Gasteiger partial charge is 0.492 e. The zero-order valence-electron chi connectivity index (χ0n) is 15.0. The highest BCUT2D eigenvalue weighted by atomic mass is 32.2. The number of carbonyl (C=O) groups excluding carboxylic acids is 1. The summed E-state index contributed by atoms with van der Waals surface area (Å²) in [6, 6.07) is 16.0. The van der Waals surface area contributed by atoms with Gasteiger partial charge in [0.15, 0.2) is 0 Å². The Morgan fingerprint density at radius 2 is 1.79 bits per heavy atom. The van der Waals surface area contributed by atoms with Crippen molar-refractivity contribution in [2.24, 2.45) is 0 Å². The summed E-state index contributed by atoms with van der Waals surface area (Å²) in [4.78, 5) is 12.1. The summed E-state index contributed by atoms with van der Waals surface area (Å²) in [6.07, 6.45) is 0. The van der Waals surface area contributed by atoms with E-state index in [1.807, 2.05) is 31.2 Å². The molecule has 28 heavy (non-hydrogen) atoms. The van der Waals surface area contributed by atoms with Gasteiger partial charge in [-0.15, -0.1) is 10.2 Å². The number of aromatic nitrogens is 2. The van der Waals surface area contributed by atoms with E-state index >= 15 is 0 Å². The number of anilines is 1. The van der Waals surface area contributed by atoms with E-state index in [9.17, 15) is 13.2 Å². The maximum atomic E-state index is 12.3. The van der Waals surface area contributed by atoms with Gasteiger partial charge in [-0.3, -0.25) is 10.1 Å². The highest BCUT2D eigenvalue weighted by molar-refractivity contribution is 7.91. The van der Waals surface area contributed by atoms with Crippen molar-refractivity contribution in [3.05, 3.63) is 65.7 Å². The zero-order chi connectivity index (χ0) is 20.0. The van der Waals surface area contributed by atoms with E-state index in [0.29, 0.717) is 11.3 Å². The van der Waals surface area contributed by atoms with Crippen LogP contribution in [0.3, 0.4) is 0 Å². The fourth-order valence-corrected chi connectivity index (χ4v) is 4.12. The third kappa shape index (κ3) is 5.35. The Morgan fingerprint density at radius 3 is 2.50 bits per heavy atom. The molecule has 146 valence electrons. The van der Waals surface area contributed by atoms with Gasteiger partial charge in [-0.1, -0.05) is 47.2 Å². The molecular weight excluding hydrogens is 400 g/mol. The third-order valence-corrected chi connectivity index (χ3v) is 6.24. The molecule has 0 aliphatic carbocycles. The van der Waals surface area contributed by atoms with Crippen LogP contribution in [-0.2, 0) is 10.0 Å². The summed E-state index contributed by atoms with van der Waals surface area (Å²) in [7, 11) is -3.84. The number of ether oxygens (including phenoxy) is 1. The molecule has 0 atom stereocenters. The molecule has 0 radical (unpaired) electrons. The Labute approximate surface area is 166 Å². The van der Waals surface area contributed by atoms with Crippen LogP contribution in [0.1, 0.15) is 15.9 Å². The molecule has 0 bridgehead atoms. The lowest BCUT2D eigenvalue weighted by Gasteiger charge is -2.07. The van der Waals surface area contributed by atoms with E-state index < -0.39 is 10.0 Å². The lowest BCUT2D eigenvalue weighted by molar-refractivity contribution is 0.102. The van der Waals surface area contributed by atoms with Crippen LogP contribution < -0.4 is 14.8 Å². The highest BCUT2D eigenvalue weighted by Crippen LogP contribution is 2.20. The molecule has 0 spiro atoms. The number of nitrogens with zero attached hydrogens (tertiary/aromatic N) is 2. The standard InChI is InChI=1S/C18H18N4O4S2/c1-13-7-9-15(10-8-13)26-12-11-19-28(24,25)18-22-21-17(27-18)20-16(23)14-5-3-2-4-6-14/h2-10,19H,11-12H2,1H3,(H,20,21,23). The van der Waals surface area contributed by atoms with Gasteiger partial charge in [0.25, 0.3) is 15.9 Å². The van der Waals surface area contributed by atoms with Crippen LogP contribution >= 0.6 is 11.3 Å². The lowest BCUT2D eigenvalue weighted by Crippen LogP contribution is -2.28. The van der Waals surface area contributed by atoms with Crippen LogP contribution in [0.4, 0.5) is 5.13 Å². The summed E-state index contributed by atoms with van der Waals surface area (Å²) in [6.45, 7) is 2.21. The molecule has 3 rings (SSSR count). The van der Waals surface area contributed by atoms with Crippen molar-refractivity contribution in [1.82, 2.24) is 14.9 Å². The molecule has 0 unspecified atom stereocenters. The van der Waals surface area contributed by atoms with Crippen molar-refractivity contribution in [2.75, 3.05) is 18.5 Å². The Balaban J connectivity index is 1.52. The first-order valence-corrected chi connectivity index (χ1v) is 10.6. The van der Waals surface area contributed by atoms with Crippen molar-refractivity contribution in [3.63, 3.8) is 0 Å². The SMILES string of the molecule is Cc1ccc(OCCNS(=O)(=O)c2nnc(NC(=O)c3ccccc3)s2)cc1. The van der Waals surface area contributed by atoms with Crippen LogP contribution in [0.15, 0.2) is 58.9 Å². The monoisotopic (exact) mass is 418 g/mol. The zero-order valence-corrected chi connectivity index (χ0v) is 16.6. The first-order valence-electron chi connectivity index (χ1n) is 8.33. The van der Waals surface area contributed by atoms with Gasteiger partial charge in [-0.2, -0.15) is 0 Å². The normalized spacial score (nSPS) is 11.2. The number of amides is 1. The van der Waals surface area contributed by atoms with Crippen molar-refractivity contribution in [2.45, 2.75) is 11.3 Å². The van der Waals surface area contributed by atoms with Gasteiger partial charge in [0.05, 0.1) is 0 Å². The first kappa shape index (κ1) is 19.9. The Bertz CT molecular complexity index is 1030. The number of hydrogen-bond donors (Lipinski definition) is 2. The molecule has 0 aliphatic rings. The molecular formula is C18H18N4O4S2. The summed E-state index contributed by atoms with van der Waals surface area (Å²) in [5, 5.41) is 10.00. The molecule has 0 saturated carbocycles. The molecule has 1 amide bonds. The molecule has 8 nitrogen and oxygen atoms in total. The fourth-order valence-electron chi connectivity index (χ4n) is 2.17. The average molecular weight is 419 g/mol. The average Bonchev–Trinajstić information content (AvgIpc) is 3.17. The molecule has 0 fully saturated rings. The van der Waals surface area contributed by atoms with Gasteiger partial charge in [0, 0.05) is 12.1 Å². The van der Waals surface area contributed by atoms with Crippen molar-refractivity contribution < 1.29 is 17.9 Å². The van der Waals surface area contributed by atoms with Crippen LogP contribution in [0, 0.1) is 6.92 Å². The Hall–Kier alpha value is -2.82. The number of aryl methyl sites for hydroxylation is 1. The second kappa shape index (κ2) is 8.91. The smallest absolute Gasteiger partial charge is 0.269 e. The molecule has 1 aromatic heterocycles. The molecule has 0 saturated heterocycles. The van der Waals surface area contributed by atoms with Crippen molar-refractivity contribution >= 4 is 32.4 Å². The summed E-state index contributed by atoms with van der Waals surface area (Å²) < 4.78 is 32.2. The van der Waals surface area contributed by atoms with Gasteiger partial charge >= 0.3 is 0 Å². The Morgan fingerprint density at radius 1 is 1.07 bits per heavy atom. The molecule has 1 heterocycles. The number of hydrogen-bond acceptors (Lipinski definition) is 7. The van der Waals surface area contributed by atoms with Gasteiger partial charge < -0.3 is 4.74 Å². The molecule has 3 aromatic rings. The van der Waals surface area contributed by atoms with Crippen molar-refractivity contribution in [3.8, 4) is 5.75 Å². The molecule has 0 aliphatic heterocycles. The molecule has 10 heteroatoms. The number of carbonyl (C=O) groups is 1. The highest BCUT2D eigenvalue weighted by Gasteiger charge is 2.20. The maximum absolute atomic E-state index is 12.3. The van der Waals surface area contributed by atoms with Gasteiger partial charge in [0.1, 0.15) is 12.4 Å². The maximum Gasteiger partial charge on any atom is 0.269 e.